The van der Waals surface area contributed by atoms with Gasteiger partial charge in [0.1, 0.15) is 5.82 Å². The first-order valence-electron chi connectivity index (χ1n) is 8.19. The molecule has 0 aromatic carbocycles. The van der Waals surface area contributed by atoms with Gasteiger partial charge in [-0.15, -0.1) is 0 Å². The largest absolute Gasteiger partial charge is 0.338 e. The zero-order chi connectivity index (χ0) is 15.2. The SMILES string of the molecule is CCCn1c(C)cnc1CC1CCCN(C(=O)NCC)C1. The number of aromatic nitrogens is 2. The monoisotopic (exact) mass is 292 g/mol. The summed E-state index contributed by atoms with van der Waals surface area (Å²) in [6.07, 6.45) is 6.35. The lowest BCUT2D eigenvalue weighted by Crippen LogP contribution is -2.45. The summed E-state index contributed by atoms with van der Waals surface area (Å²) >= 11 is 0. The highest BCUT2D eigenvalue weighted by Gasteiger charge is 2.24. The fourth-order valence-corrected chi connectivity index (χ4v) is 3.14. The van der Waals surface area contributed by atoms with Crippen molar-refractivity contribution in [2.75, 3.05) is 19.6 Å². The Kier molecular flexibility index (Phi) is 5.65. The van der Waals surface area contributed by atoms with E-state index in [0.29, 0.717) is 12.5 Å². The minimum absolute atomic E-state index is 0.0790. The lowest BCUT2D eigenvalue weighted by molar-refractivity contribution is 0.164. The highest BCUT2D eigenvalue weighted by atomic mass is 16.2. The Morgan fingerprint density at radius 1 is 1.48 bits per heavy atom. The van der Waals surface area contributed by atoms with Gasteiger partial charge in [-0.3, -0.25) is 0 Å². The molecule has 0 bridgehead atoms. The van der Waals surface area contributed by atoms with Crippen LogP contribution in [-0.2, 0) is 13.0 Å². The molecule has 2 amide bonds. The second kappa shape index (κ2) is 7.48. The molecule has 0 aliphatic carbocycles. The number of likely N-dealkylation sites (tertiary alicyclic amines) is 1. The zero-order valence-electron chi connectivity index (χ0n) is 13.6. The van der Waals surface area contributed by atoms with Crippen LogP contribution < -0.4 is 5.32 Å². The number of amides is 2. The number of piperidine rings is 1. The predicted octanol–water partition coefficient (Wildman–Crippen LogP) is 2.59. The molecule has 1 aliphatic heterocycles. The normalized spacial score (nSPS) is 18.8. The van der Waals surface area contributed by atoms with Gasteiger partial charge in [-0.05, 0) is 39.0 Å². The van der Waals surface area contributed by atoms with Crippen LogP contribution in [0.15, 0.2) is 6.20 Å². The molecule has 0 spiro atoms. The number of rotatable bonds is 5. The van der Waals surface area contributed by atoms with Crippen molar-refractivity contribution in [3.05, 3.63) is 17.7 Å². The Labute approximate surface area is 127 Å². The third kappa shape index (κ3) is 3.99. The molecular weight excluding hydrogens is 264 g/mol. The van der Waals surface area contributed by atoms with Crippen molar-refractivity contribution in [3.8, 4) is 0 Å². The van der Waals surface area contributed by atoms with Crippen LogP contribution in [0.2, 0.25) is 0 Å². The zero-order valence-corrected chi connectivity index (χ0v) is 13.6. The first-order chi connectivity index (χ1) is 10.2. The van der Waals surface area contributed by atoms with Gasteiger partial charge >= 0.3 is 6.03 Å². The fourth-order valence-electron chi connectivity index (χ4n) is 3.14. The van der Waals surface area contributed by atoms with E-state index in [0.717, 1.165) is 38.9 Å². The molecule has 1 saturated heterocycles. The molecule has 0 saturated carbocycles. The highest BCUT2D eigenvalue weighted by molar-refractivity contribution is 5.74. The van der Waals surface area contributed by atoms with Gasteiger partial charge in [0.25, 0.3) is 0 Å². The Morgan fingerprint density at radius 2 is 2.29 bits per heavy atom. The summed E-state index contributed by atoms with van der Waals surface area (Å²) in [5.41, 5.74) is 1.24. The van der Waals surface area contributed by atoms with Crippen LogP contribution in [0, 0.1) is 12.8 Å². The standard InChI is InChI=1S/C16H28N4O/c1-4-8-20-13(3)11-18-15(20)10-14-7-6-9-19(12-14)16(21)17-5-2/h11,14H,4-10,12H2,1-3H3,(H,17,21). The van der Waals surface area contributed by atoms with E-state index in [-0.39, 0.29) is 6.03 Å². The number of nitrogens with zero attached hydrogens (tertiary/aromatic N) is 3. The Morgan fingerprint density at radius 3 is 3.00 bits per heavy atom. The average Bonchev–Trinajstić information content (AvgIpc) is 2.81. The number of aryl methyl sites for hydroxylation is 1. The molecule has 0 radical (unpaired) electrons. The summed E-state index contributed by atoms with van der Waals surface area (Å²) in [6.45, 7) is 9.74. The molecule has 1 aromatic heterocycles. The van der Waals surface area contributed by atoms with Gasteiger partial charge < -0.3 is 14.8 Å². The van der Waals surface area contributed by atoms with Crippen molar-refractivity contribution in [2.45, 2.75) is 53.0 Å². The second-order valence-electron chi connectivity index (χ2n) is 5.96. The topological polar surface area (TPSA) is 50.2 Å². The summed E-state index contributed by atoms with van der Waals surface area (Å²) in [4.78, 5) is 18.5. The van der Waals surface area contributed by atoms with Crippen molar-refractivity contribution in [1.82, 2.24) is 19.8 Å². The Bertz CT molecular complexity index is 469. The Hall–Kier alpha value is -1.52. The third-order valence-corrected chi connectivity index (χ3v) is 4.19. The molecule has 1 unspecified atom stereocenters. The number of carbonyl (C=O) groups is 1. The van der Waals surface area contributed by atoms with E-state index in [1.54, 1.807) is 0 Å². The number of carbonyl (C=O) groups excluding carboxylic acids is 1. The van der Waals surface area contributed by atoms with Crippen LogP contribution in [0.1, 0.15) is 44.6 Å². The first-order valence-corrected chi connectivity index (χ1v) is 8.19. The number of hydrogen-bond acceptors (Lipinski definition) is 2. The van der Waals surface area contributed by atoms with Gasteiger partial charge in [-0.1, -0.05) is 6.92 Å². The molecule has 1 N–H and O–H groups in total. The quantitative estimate of drug-likeness (QED) is 0.907. The minimum Gasteiger partial charge on any atom is -0.338 e. The maximum absolute atomic E-state index is 12.0. The van der Waals surface area contributed by atoms with Gasteiger partial charge in [-0.25, -0.2) is 9.78 Å². The van der Waals surface area contributed by atoms with E-state index in [4.69, 9.17) is 0 Å². The van der Waals surface area contributed by atoms with Crippen LogP contribution in [0.4, 0.5) is 4.79 Å². The highest BCUT2D eigenvalue weighted by Crippen LogP contribution is 2.21. The lowest BCUT2D eigenvalue weighted by atomic mass is 9.94. The van der Waals surface area contributed by atoms with Crippen molar-refractivity contribution in [2.24, 2.45) is 5.92 Å². The summed E-state index contributed by atoms with van der Waals surface area (Å²) in [7, 11) is 0. The summed E-state index contributed by atoms with van der Waals surface area (Å²) in [6, 6.07) is 0.0790. The number of imidazole rings is 1. The van der Waals surface area contributed by atoms with Crippen LogP contribution in [0.3, 0.4) is 0 Å². The molecule has 2 heterocycles. The maximum Gasteiger partial charge on any atom is 0.317 e. The van der Waals surface area contributed by atoms with Crippen LogP contribution in [-0.4, -0.2) is 40.1 Å². The number of nitrogens with one attached hydrogen (secondary N) is 1. The smallest absolute Gasteiger partial charge is 0.317 e. The van der Waals surface area contributed by atoms with E-state index < -0.39 is 0 Å². The molecule has 1 aromatic rings. The van der Waals surface area contributed by atoms with Gasteiger partial charge in [0.15, 0.2) is 0 Å². The van der Waals surface area contributed by atoms with E-state index in [1.165, 1.54) is 17.9 Å². The Balaban J connectivity index is 1.98. The molecule has 1 atom stereocenters. The van der Waals surface area contributed by atoms with Crippen molar-refractivity contribution in [3.63, 3.8) is 0 Å². The molecule has 21 heavy (non-hydrogen) atoms. The van der Waals surface area contributed by atoms with E-state index in [1.807, 2.05) is 18.0 Å². The predicted molar refractivity (Wildman–Crippen MR) is 84.3 cm³/mol. The molecular formula is C16H28N4O. The van der Waals surface area contributed by atoms with Crippen LogP contribution >= 0.6 is 0 Å². The lowest BCUT2D eigenvalue weighted by Gasteiger charge is -2.32. The van der Waals surface area contributed by atoms with Crippen LogP contribution in [0.5, 0.6) is 0 Å². The van der Waals surface area contributed by atoms with Crippen LogP contribution in [0.25, 0.3) is 0 Å². The van der Waals surface area contributed by atoms with E-state index in [2.05, 4.69) is 28.7 Å². The average molecular weight is 292 g/mol. The first kappa shape index (κ1) is 15.9. The molecule has 1 aliphatic rings. The number of hydrogen-bond donors (Lipinski definition) is 1. The van der Waals surface area contributed by atoms with Crippen molar-refractivity contribution < 1.29 is 4.79 Å². The summed E-state index contributed by atoms with van der Waals surface area (Å²) < 4.78 is 2.32. The molecule has 1 fully saturated rings. The van der Waals surface area contributed by atoms with E-state index in [9.17, 15) is 4.79 Å². The summed E-state index contributed by atoms with van der Waals surface area (Å²) in [5.74, 6) is 1.70. The summed E-state index contributed by atoms with van der Waals surface area (Å²) in [5, 5.41) is 2.90. The minimum atomic E-state index is 0.0790. The molecule has 5 nitrogen and oxygen atoms in total. The molecule has 2 rings (SSSR count). The van der Waals surface area contributed by atoms with Gasteiger partial charge in [0, 0.05) is 44.5 Å². The molecule has 118 valence electrons. The number of urea groups is 1. The van der Waals surface area contributed by atoms with E-state index >= 15 is 0 Å². The van der Waals surface area contributed by atoms with Gasteiger partial charge in [-0.2, -0.15) is 0 Å². The van der Waals surface area contributed by atoms with Gasteiger partial charge in [0.05, 0.1) is 0 Å². The second-order valence-corrected chi connectivity index (χ2v) is 5.96. The fraction of sp³-hybridized carbons (Fsp3) is 0.750. The maximum atomic E-state index is 12.0. The van der Waals surface area contributed by atoms with Crippen molar-refractivity contribution in [1.29, 1.82) is 0 Å². The third-order valence-electron chi connectivity index (χ3n) is 4.19. The van der Waals surface area contributed by atoms with Crippen molar-refractivity contribution >= 4 is 6.03 Å². The van der Waals surface area contributed by atoms with Gasteiger partial charge in [0.2, 0.25) is 0 Å². The molecule has 5 heteroatoms.